The van der Waals surface area contributed by atoms with Crippen molar-refractivity contribution in [2.45, 2.75) is 58.5 Å². The molecule has 1 unspecified atom stereocenters. The van der Waals surface area contributed by atoms with Gasteiger partial charge in [0.25, 0.3) is 0 Å². The number of amides is 2. The molecule has 1 aromatic heterocycles. The van der Waals surface area contributed by atoms with E-state index in [0.717, 1.165) is 35.3 Å². The summed E-state index contributed by atoms with van der Waals surface area (Å²) in [5.41, 5.74) is 3.08. The predicted molar refractivity (Wildman–Crippen MR) is 114 cm³/mol. The lowest BCUT2D eigenvalue weighted by atomic mass is 10.1. The molecule has 30 heavy (non-hydrogen) atoms. The quantitative estimate of drug-likeness (QED) is 0.788. The maximum absolute atomic E-state index is 12.6. The molecule has 1 saturated carbocycles. The van der Waals surface area contributed by atoms with Crippen molar-refractivity contribution in [2.75, 3.05) is 6.54 Å². The van der Waals surface area contributed by atoms with Gasteiger partial charge in [-0.1, -0.05) is 31.0 Å². The van der Waals surface area contributed by atoms with E-state index >= 15 is 0 Å². The molecule has 1 saturated heterocycles. The number of carbonyl (C=O) groups excluding carboxylic acids is 2. The van der Waals surface area contributed by atoms with Crippen molar-refractivity contribution >= 4 is 11.8 Å². The monoisotopic (exact) mass is 407 g/mol. The van der Waals surface area contributed by atoms with Gasteiger partial charge in [0.15, 0.2) is 0 Å². The standard InChI is InChI=1S/C24H29N3O3/c1-16-7-8-17(2)21(11-16)30-22-10-9-18(13-25-22)14-26-24(29)19-12-23(28)27(15-19)20-5-3-4-6-20/h7-11,13,19-20H,3-6,12,14-15H2,1-2H3,(H,26,29). The third kappa shape index (κ3) is 4.64. The smallest absolute Gasteiger partial charge is 0.225 e. The molecular weight excluding hydrogens is 378 g/mol. The second-order valence-corrected chi connectivity index (χ2v) is 8.48. The highest BCUT2D eigenvalue weighted by atomic mass is 16.5. The van der Waals surface area contributed by atoms with E-state index in [1.54, 1.807) is 6.20 Å². The highest BCUT2D eigenvalue weighted by Gasteiger charge is 2.38. The van der Waals surface area contributed by atoms with Gasteiger partial charge >= 0.3 is 0 Å². The highest BCUT2D eigenvalue weighted by Crippen LogP contribution is 2.29. The Balaban J connectivity index is 1.29. The molecule has 1 aliphatic carbocycles. The molecule has 1 atom stereocenters. The van der Waals surface area contributed by atoms with Gasteiger partial charge in [-0.15, -0.1) is 0 Å². The molecule has 2 fully saturated rings. The van der Waals surface area contributed by atoms with Gasteiger partial charge in [-0.3, -0.25) is 9.59 Å². The first-order chi connectivity index (χ1) is 14.5. The molecule has 4 rings (SSSR count). The van der Waals surface area contributed by atoms with Crippen LogP contribution in [0.5, 0.6) is 11.6 Å². The van der Waals surface area contributed by atoms with Gasteiger partial charge in [0.05, 0.1) is 5.92 Å². The van der Waals surface area contributed by atoms with Crippen LogP contribution in [0.2, 0.25) is 0 Å². The molecule has 2 amide bonds. The minimum atomic E-state index is -0.252. The number of aryl methyl sites for hydroxylation is 2. The average molecular weight is 408 g/mol. The van der Waals surface area contributed by atoms with Gasteiger partial charge in [-0.25, -0.2) is 4.98 Å². The summed E-state index contributed by atoms with van der Waals surface area (Å²) in [5, 5.41) is 2.96. The van der Waals surface area contributed by atoms with Crippen molar-refractivity contribution in [3.63, 3.8) is 0 Å². The molecule has 158 valence electrons. The number of benzene rings is 1. The summed E-state index contributed by atoms with van der Waals surface area (Å²) in [4.78, 5) is 31.2. The van der Waals surface area contributed by atoms with Crippen molar-refractivity contribution < 1.29 is 14.3 Å². The summed E-state index contributed by atoms with van der Waals surface area (Å²) < 4.78 is 5.88. The summed E-state index contributed by atoms with van der Waals surface area (Å²) >= 11 is 0. The van der Waals surface area contributed by atoms with E-state index in [9.17, 15) is 9.59 Å². The van der Waals surface area contributed by atoms with Crippen LogP contribution in [0.15, 0.2) is 36.5 Å². The van der Waals surface area contributed by atoms with Crippen molar-refractivity contribution in [1.82, 2.24) is 15.2 Å². The lowest BCUT2D eigenvalue weighted by molar-refractivity contribution is -0.130. The summed E-state index contributed by atoms with van der Waals surface area (Å²) in [6.07, 6.45) is 6.54. The van der Waals surface area contributed by atoms with Crippen LogP contribution in [-0.2, 0) is 16.1 Å². The third-order valence-electron chi connectivity index (χ3n) is 6.12. The number of likely N-dealkylation sites (tertiary alicyclic amines) is 1. The van der Waals surface area contributed by atoms with Crippen LogP contribution in [0.1, 0.15) is 48.8 Å². The van der Waals surface area contributed by atoms with Crippen LogP contribution in [-0.4, -0.2) is 34.3 Å². The number of hydrogen-bond donors (Lipinski definition) is 1. The Bertz CT molecular complexity index is 920. The van der Waals surface area contributed by atoms with Crippen LogP contribution >= 0.6 is 0 Å². The van der Waals surface area contributed by atoms with Gasteiger partial charge < -0.3 is 15.0 Å². The highest BCUT2D eigenvalue weighted by molar-refractivity contribution is 5.89. The number of nitrogens with one attached hydrogen (secondary N) is 1. The van der Waals surface area contributed by atoms with E-state index in [1.165, 1.54) is 12.8 Å². The molecule has 6 nitrogen and oxygen atoms in total. The van der Waals surface area contributed by atoms with E-state index in [2.05, 4.69) is 10.3 Å². The van der Waals surface area contributed by atoms with E-state index in [1.807, 2.05) is 49.1 Å². The van der Waals surface area contributed by atoms with Crippen molar-refractivity contribution in [3.05, 3.63) is 53.2 Å². The number of ether oxygens (including phenoxy) is 1. The summed E-state index contributed by atoms with van der Waals surface area (Å²) in [6, 6.07) is 10.1. The Morgan fingerprint density at radius 1 is 1.20 bits per heavy atom. The fraction of sp³-hybridized carbons (Fsp3) is 0.458. The first-order valence-corrected chi connectivity index (χ1v) is 10.8. The maximum Gasteiger partial charge on any atom is 0.225 e. The molecule has 2 aromatic rings. The molecule has 6 heteroatoms. The third-order valence-corrected chi connectivity index (χ3v) is 6.12. The van der Waals surface area contributed by atoms with Gasteiger partial charge in [0, 0.05) is 37.8 Å². The van der Waals surface area contributed by atoms with E-state index < -0.39 is 0 Å². The number of nitrogens with zero attached hydrogens (tertiary/aromatic N) is 2. The van der Waals surface area contributed by atoms with Gasteiger partial charge in [-0.05, 0) is 49.4 Å². The van der Waals surface area contributed by atoms with Crippen molar-refractivity contribution in [1.29, 1.82) is 0 Å². The second kappa shape index (κ2) is 8.86. The molecule has 2 heterocycles. The van der Waals surface area contributed by atoms with Crippen LogP contribution in [0.25, 0.3) is 0 Å². The Kier molecular flexibility index (Phi) is 6.02. The molecule has 0 spiro atoms. The number of rotatable bonds is 6. The number of pyridine rings is 1. The first-order valence-electron chi connectivity index (χ1n) is 10.8. The summed E-state index contributed by atoms with van der Waals surface area (Å²) in [7, 11) is 0. The average Bonchev–Trinajstić information content (AvgIpc) is 3.39. The van der Waals surface area contributed by atoms with Gasteiger partial charge in [0.1, 0.15) is 5.75 Å². The van der Waals surface area contributed by atoms with Crippen LogP contribution in [0, 0.1) is 19.8 Å². The fourth-order valence-corrected chi connectivity index (χ4v) is 4.32. The minimum absolute atomic E-state index is 0.0560. The Labute approximate surface area is 177 Å². The van der Waals surface area contributed by atoms with Crippen molar-refractivity contribution in [3.8, 4) is 11.6 Å². The normalized spacial score (nSPS) is 19.3. The molecule has 0 bridgehead atoms. The maximum atomic E-state index is 12.6. The first kappa shape index (κ1) is 20.4. The molecular formula is C24H29N3O3. The number of carbonyl (C=O) groups is 2. The fourth-order valence-electron chi connectivity index (χ4n) is 4.32. The van der Waals surface area contributed by atoms with Gasteiger partial charge in [0.2, 0.25) is 17.7 Å². The zero-order chi connectivity index (χ0) is 21.1. The summed E-state index contributed by atoms with van der Waals surface area (Å²) in [6.45, 7) is 4.97. The lowest BCUT2D eigenvalue weighted by Gasteiger charge is -2.23. The van der Waals surface area contributed by atoms with E-state index in [4.69, 9.17) is 4.74 Å². The lowest BCUT2D eigenvalue weighted by Crippen LogP contribution is -2.36. The Hall–Kier alpha value is -2.89. The molecule has 1 N–H and O–H groups in total. The molecule has 1 aliphatic heterocycles. The minimum Gasteiger partial charge on any atom is -0.439 e. The molecule has 1 aromatic carbocycles. The SMILES string of the molecule is Cc1ccc(C)c(Oc2ccc(CNC(=O)C3CC(=O)N(C4CCCC4)C3)cn2)c1. The van der Waals surface area contributed by atoms with Crippen LogP contribution in [0.3, 0.4) is 0 Å². The van der Waals surface area contributed by atoms with Crippen LogP contribution in [0.4, 0.5) is 0 Å². The second-order valence-electron chi connectivity index (χ2n) is 8.48. The molecule has 0 radical (unpaired) electrons. The number of aromatic nitrogens is 1. The predicted octanol–water partition coefficient (Wildman–Crippen LogP) is 3.90. The Morgan fingerprint density at radius 2 is 2.00 bits per heavy atom. The topological polar surface area (TPSA) is 71.5 Å². The Morgan fingerprint density at radius 3 is 2.73 bits per heavy atom. The number of hydrogen-bond acceptors (Lipinski definition) is 4. The zero-order valence-electron chi connectivity index (χ0n) is 17.7. The molecule has 2 aliphatic rings. The largest absolute Gasteiger partial charge is 0.439 e. The van der Waals surface area contributed by atoms with E-state index in [0.29, 0.717) is 31.4 Å². The van der Waals surface area contributed by atoms with E-state index in [-0.39, 0.29) is 17.7 Å². The van der Waals surface area contributed by atoms with Crippen LogP contribution < -0.4 is 10.1 Å². The van der Waals surface area contributed by atoms with Gasteiger partial charge in [-0.2, -0.15) is 0 Å². The zero-order valence-corrected chi connectivity index (χ0v) is 17.7. The summed E-state index contributed by atoms with van der Waals surface area (Å²) in [5.74, 6) is 1.13. The van der Waals surface area contributed by atoms with Crippen molar-refractivity contribution in [2.24, 2.45) is 5.92 Å².